The van der Waals surface area contributed by atoms with E-state index in [1.165, 1.54) is 53.4 Å². The molecule has 1 saturated carbocycles. The minimum Gasteiger partial charge on any atom is -0.480 e. The highest BCUT2D eigenvalue weighted by Gasteiger charge is 2.58. The minimum atomic E-state index is -1.36. The lowest BCUT2D eigenvalue weighted by Crippen LogP contribution is -2.46. The molecular weight excluding hydrogens is 500 g/mol. The number of hydrogen-bond donors (Lipinski definition) is 1. The predicted molar refractivity (Wildman–Crippen MR) is 142 cm³/mol. The molecule has 1 aliphatic heterocycles. The van der Waals surface area contributed by atoms with Gasteiger partial charge in [0.15, 0.2) is 5.78 Å². The number of carboxylic acid groups (broad SMARTS) is 1. The van der Waals surface area contributed by atoms with Crippen LogP contribution in [0.4, 0.5) is 8.78 Å². The van der Waals surface area contributed by atoms with Crippen LogP contribution in [0, 0.1) is 30.4 Å². The molecule has 4 unspecified atom stereocenters. The standard InChI is InChI=1S/C32H31F2NO4/c1-19-6-5-9-23(18-19)30(36)27-26(20-10-14-24(33)15-11-20)29(32(38)39)35(31(37)22-7-3-2-4-8-22)28(27)21-12-16-25(34)17-13-21/h5-6,9-18,22,26-29H,2-4,7-8H2,1H3,(H,38,39). The molecule has 5 nitrogen and oxygen atoms in total. The molecule has 1 amide bonds. The first-order valence-corrected chi connectivity index (χ1v) is 13.4. The Hall–Kier alpha value is -3.87. The Bertz CT molecular complexity index is 1370. The number of carbonyl (C=O) groups is 3. The second-order valence-corrected chi connectivity index (χ2v) is 10.7. The Morgan fingerprint density at radius 2 is 1.41 bits per heavy atom. The van der Waals surface area contributed by atoms with Gasteiger partial charge < -0.3 is 10.0 Å². The summed E-state index contributed by atoms with van der Waals surface area (Å²) in [5, 5.41) is 10.6. The van der Waals surface area contributed by atoms with Gasteiger partial charge in [0.2, 0.25) is 5.91 Å². The van der Waals surface area contributed by atoms with Gasteiger partial charge in [-0.2, -0.15) is 0 Å². The molecule has 39 heavy (non-hydrogen) atoms. The van der Waals surface area contributed by atoms with Gasteiger partial charge in [0.1, 0.15) is 17.7 Å². The number of benzene rings is 3. The van der Waals surface area contributed by atoms with Crippen molar-refractivity contribution in [1.82, 2.24) is 4.90 Å². The maximum absolute atomic E-state index is 14.3. The van der Waals surface area contributed by atoms with E-state index in [0.717, 1.165) is 24.8 Å². The Balaban J connectivity index is 1.73. The van der Waals surface area contributed by atoms with Crippen molar-refractivity contribution < 1.29 is 28.3 Å². The number of likely N-dealkylation sites (tertiary alicyclic amines) is 1. The fourth-order valence-electron chi connectivity index (χ4n) is 6.42. The van der Waals surface area contributed by atoms with E-state index < -0.39 is 41.5 Å². The average molecular weight is 532 g/mol. The summed E-state index contributed by atoms with van der Waals surface area (Å²) in [4.78, 5) is 42.9. The predicted octanol–water partition coefficient (Wildman–Crippen LogP) is 6.47. The van der Waals surface area contributed by atoms with Gasteiger partial charge in [-0.1, -0.05) is 67.3 Å². The number of ketones is 1. The highest BCUT2D eigenvalue weighted by atomic mass is 19.1. The topological polar surface area (TPSA) is 74.7 Å². The summed E-state index contributed by atoms with van der Waals surface area (Å²) in [6.07, 6.45) is 4.05. The van der Waals surface area contributed by atoms with Crippen LogP contribution in [-0.4, -0.2) is 33.7 Å². The molecule has 202 valence electrons. The van der Waals surface area contributed by atoms with Crippen LogP contribution < -0.4 is 0 Å². The molecular formula is C32H31F2NO4. The largest absolute Gasteiger partial charge is 0.480 e. The van der Waals surface area contributed by atoms with Crippen LogP contribution in [0.2, 0.25) is 0 Å². The maximum Gasteiger partial charge on any atom is 0.327 e. The summed E-state index contributed by atoms with van der Waals surface area (Å²) in [7, 11) is 0. The fourth-order valence-corrected chi connectivity index (χ4v) is 6.42. The molecule has 2 fully saturated rings. The number of halogens is 2. The van der Waals surface area contributed by atoms with Crippen LogP contribution in [-0.2, 0) is 9.59 Å². The number of amides is 1. The monoisotopic (exact) mass is 531 g/mol. The van der Waals surface area contributed by atoms with E-state index in [9.17, 15) is 28.3 Å². The number of Topliss-reactive ketones (excluding diaryl/α,β-unsaturated/α-hetero) is 1. The molecule has 1 heterocycles. The van der Waals surface area contributed by atoms with Crippen molar-refractivity contribution in [3.8, 4) is 0 Å². The zero-order valence-corrected chi connectivity index (χ0v) is 21.7. The molecule has 2 aliphatic rings. The molecule has 3 aromatic carbocycles. The smallest absolute Gasteiger partial charge is 0.327 e. The Labute approximate surface area is 226 Å². The second kappa shape index (κ2) is 11.1. The van der Waals surface area contributed by atoms with Crippen LogP contribution in [0.3, 0.4) is 0 Å². The van der Waals surface area contributed by atoms with Crippen LogP contribution in [0.25, 0.3) is 0 Å². The average Bonchev–Trinajstić information content (AvgIpc) is 3.30. The summed E-state index contributed by atoms with van der Waals surface area (Å²) < 4.78 is 27.9. The highest BCUT2D eigenvalue weighted by molar-refractivity contribution is 6.01. The molecule has 4 atom stereocenters. The van der Waals surface area contributed by atoms with Crippen molar-refractivity contribution >= 4 is 17.7 Å². The number of carboxylic acids is 1. The van der Waals surface area contributed by atoms with Gasteiger partial charge in [0.05, 0.1) is 12.0 Å². The molecule has 1 saturated heterocycles. The van der Waals surface area contributed by atoms with E-state index in [4.69, 9.17) is 0 Å². The molecule has 5 rings (SSSR count). The molecule has 1 N–H and O–H groups in total. The van der Waals surface area contributed by atoms with E-state index >= 15 is 0 Å². The maximum atomic E-state index is 14.3. The van der Waals surface area contributed by atoms with Crippen LogP contribution in [0.15, 0.2) is 72.8 Å². The zero-order chi connectivity index (χ0) is 27.7. The van der Waals surface area contributed by atoms with Gasteiger partial charge in [0, 0.05) is 17.4 Å². The summed E-state index contributed by atoms with van der Waals surface area (Å²) in [5.74, 6) is -5.11. The van der Waals surface area contributed by atoms with E-state index in [1.54, 1.807) is 18.2 Å². The van der Waals surface area contributed by atoms with Crippen LogP contribution in [0.5, 0.6) is 0 Å². The number of hydrogen-bond acceptors (Lipinski definition) is 3. The highest BCUT2D eigenvalue weighted by Crippen LogP contribution is 2.52. The summed E-state index contributed by atoms with van der Waals surface area (Å²) >= 11 is 0. The molecule has 0 spiro atoms. The fraction of sp³-hybridized carbons (Fsp3) is 0.344. The van der Waals surface area contributed by atoms with E-state index in [0.29, 0.717) is 29.5 Å². The normalized spacial score (nSPS) is 23.5. The van der Waals surface area contributed by atoms with Gasteiger partial charge in [-0.05, 0) is 61.2 Å². The van der Waals surface area contributed by atoms with Gasteiger partial charge in [-0.15, -0.1) is 0 Å². The van der Waals surface area contributed by atoms with Crippen LogP contribution >= 0.6 is 0 Å². The lowest BCUT2D eigenvalue weighted by molar-refractivity contribution is -0.152. The Morgan fingerprint density at radius 3 is 1.97 bits per heavy atom. The van der Waals surface area contributed by atoms with Crippen molar-refractivity contribution in [2.45, 2.75) is 57.0 Å². The van der Waals surface area contributed by atoms with E-state index in [1.807, 2.05) is 13.0 Å². The molecule has 7 heteroatoms. The summed E-state index contributed by atoms with van der Waals surface area (Å²) in [6, 6.07) is 15.7. The first-order valence-electron chi connectivity index (χ1n) is 13.4. The van der Waals surface area contributed by atoms with E-state index in [2.05, 4.69) is 0 Å². The first kappa shape index (κ1) is 26.7. The lowest BCUT2D eigenvalue weighted by Gasteiger charge is -2.34. The third-order valence-corrected chi connectivity index (χ3v) is 8.20. The molecule has 1 aliphatic carbocycles. The van der Waals surface area contributed by atoms with Gasteiger partial charge in [-0.3, -0.25) is 9.59 Å². The van der Waals surface area contributed by atoms with Gasteiger partial charge in [0.25, 0.3) is 0 Å². The molecule has 3 aromatic rings. The molecule has 0 aromatic heterocycles. The number of aliphatic carboxylic acids is 1. The number of rotatable bonds is 6. The Morgan fingerprint density at radius 1 is 0.821 bits per heavy atom. The number of aryl methyl sites for hydroxylation is 1. The molecule has 0 radical (unpaired) electrons. The van der Waals surface area contributed by atoms with Crippen molar-refractivity contribution in [2.24, 2.45) is 11.8 Å². The summed E-state index contributed by atoms with van der Waals surface area (Å²) in [5.41, 5.74) is 2.21. The number of carbonyl (C=O) groups excluding carboxylic acids is 2. The first-order chi connectivity index (χ1) is 18.8. The number of nitrogens with zero attached hydrogens (tertiary/aromatic N) is 1. The third-order valence-electron chi connectivity index (χ3n) is 8.20. The Kier molecular flexibility index (Phi) is 7.60. The van der Waals surface area contributed by atoms with Crippen molar-refractivity contribution in [3.63, 3.8) is 0 Å². The SMILES string of the molecule is Cc1cccc(C(=O)C2C(c3ccc(F)cc3)C(C(=O)O)N(C(=O)C3CCCCC3)C2c2ccc(F)cc2)c1. The van der Waals surface area contributed by atoms with Crippen molar-refractivity contribution in [2.75, 3.05) is 0 Å². The van der Waals surface area contributed by atoms with Crippen LogP contribution in [0.1, 0.15) is 71.1 Å². The lowest BCUT2D eigenvalue weighted by atomic mass is 9.76. The zero-order valence-electron chi connectivity index (χ0n) is 21.7. The quantitative estimate of drug-likeness (QED) is 0.370. The van der Waals surface area contributed by atoms with Crippen molar-refractivity contribution in [1.29, 1.82) is 0 Å². The van der Waals surface area contributed by atoms with E-state index in [-0.39, 0.29) is 17.6 Å². The van der Waals surface area contributed by atoms with Gasteiger partial charge in [-0.25, -0.2) is 13.6 Å². The van der Waals surface area contributed by atoms with Gasteiger partial charge >= 0.3 is 5.97 Å². The minimum absolute atomic E-state index is 0.303. The summed E-state index contributed by atoms with van der Waals surface area (Å²) in [6.45, 7) is 1.86. The molecule has 0 bridgehead atoms. The van der Waals surface area contributed by atoms with Crippen molar-refractivity contribution in [3.05, 3.63) is 107 Å². The second-order valence-electron chi connectivity index (χ2n) is 10.7. The third kappa shape index (κ3) is 5.22.